The van der Waals surface area contributed by atoms with Crippen molar-refractivity contribution in [1.82, 2.24) is 20.4 Å². The zero-order valence-corrected chi connectivity index (χ0v) is 16.3. The number of hydrogen-bond donors (Lipinski definition) is 1. The van der Waals surface area contributed by atoms with Gasteiger partial charge < -0.3 is 9.84 Å². The standard InChI is InChI=1S/C23H19FN4O2/c1-15-10-21(30-28-15)19-13-25-14-27-23(19)17-8-6-16(7-9-17)12-26-22(29)11-18-4-2-3-5-20(18)24/h2-10,13-14H,11-12H2,1H3,(H,26,29). The lowest BCUT2D eigenvalue weighted by Crippen LogP contribution is -2.24. The highest BCUT2D eigenvalue weighted by Gasteiger charge is 2.13. The van der Waals surface area contributed by atoms with Crippen LogP contribution in [0.3, 0.4) is 0 Å². The van der Waals surface area contributed by atoms with Gasteiger partial charge in [-0.2, -0.15) is 0 Å². The smallest absolute Gasteiger partial charge is 0.224 e. The van der Waals surface area contributed by atoms with Crippen LogP contribution >= 0.6 is 0 Å². The zero-order valence-electron chi connectivity index (χ0n) is 16.3. The van der Waals surface area contributed by atoms with E-state index in [9.17, 15) is 9.18 Å². The van der Waals surface area contributed by atoms with Crippen LogP contribution in [0.25, 0.3) is 22.6 Å². The minimum atomic E-state index is -0.375. The first-order valence-electron chi connectivity index (χ1n) is 9.43. The maximum atomic E-state index is 13.7. The summed E-state index contributed by atoms with van der Waals surface area (Å²) in [5, 5.41) is 6.74. The number of nitrogens with zero attached hydrogens (tertiary/aromatic N) is 3. The fourth-order valence-electron chi connectivity index (χ4n) is 3.09. The van der Waals surface area contributed by atoms with E-state index in [1.54, 1.807) is 24.4 Å². The van der Waals surface area contributed by atoms with Crippen molar-refractivity contribution in [2.45, 2.75) is 19.9 Å². The van der Waals surface area contributed by atoms with Gasteiger partial charge in [-0.1, -0.05) is 47.6 Å². The number of hydrogen-bond acceptors (Lipinski definition) is 5. The van der Waals surface area contributed by atoms with Gasteiger partial charge in [0.1, 0.15) is 12.1 Å². The van der Waals surface area contributed by atoms with Gasteiger partial charge >= 0.3 is 0 Å². The van der Waals surface area contributed by atoms with Crippen molar-refractivity contribution in [2.75, 3.05) is 0 Å². The molecule has 2 aromatic carbocycles. The highest BCUT2D eigenvalue weighted by Crippen LogP contribution is 2.30. The van der Waals surface area contributed by atoms with Gasteiger partial charge in [0, 0.05) is 24.4 Å². The molecule has 2 heterocycles. The maximum Gasteiger partial charge on any atom is 0.224 e. The number of rotatable bonds is 6. The van der Waals surface area contributed by atoms with Crippen molar-refractivity contribution in [1.29, 1.82) is 0 Å². The Morgan fingerprint density at radius 2 is 1.93 bits per heavy atom. The van der Waals surface area contributed by atoms with E-state index < -0.39 is 0 Å². The topological polar surface area (TPSA) is 80.9 Å². The third-order valence-electron chi connectivity index (χ3n) is 4.63. The van der Waals surface area contributed by atoms with Crippen molar-refractivity contribution in [3.63, 3.8) is 0 Å². The van der Waals surface area contributed by atoms with E-state index in [1.165, 1.54) is 12.4 Å². The Morgan fingerprint density at radius 3 is 2.67 bits per heavy atom. The number of carbonyl (C=O) groups excluding carboxylic acids is 1. The maximum absolute atomic E-state index is 13.7. The van der Waals surface area contributed by atoms with Crippen LogP contribution in [0.15, 0.2) is 71.6 Å². The summed E-state index contributed by atoms with van der Waals surface area (Å²) in [6.45, 7) is 2.21. The molecule has 4 aromatic rings. The number of amides is 1. The quantitative estimate of drug-likeness (QED) is 0.525. The van der Waals surface area contributed by atoms with Crippen LogP contribution in [0.2, 0.25) is 0 Å². The molecule has 30 heavy (non-hydrogen) atoms. The van der Waals surface area contributed by atoms with Gasteiger partial charge in [-0.05, 0) is 24.1 Å². The number of benzene rings is 2. The first-order chi connectivity index (χ1) is 14.6. The molecule has 0 atom stereocenters. The van der Waals surface area contributed by atoms with E-state index in [0.717, 1.165) is 28.1 Å². The molecule has 0 saturated heterocycles. The van der Waals surface area contributed by atoms with Gasteiger partial charge in [0.05, 0.1) is 23.4 Å². The molecule has 0 fully saturated rings. The average molecular weight is 402 g/mol. The third kappa shape index (κ3) is 4.41. The van der Waals surface area contributed by atoms with Crippen LogP contribution in [-0.4, -0.2) is 21.0 Å². The number of aromatic nitrogens is 3. The monoisotopic (exact) mass is 402 g/mol. The van der Waals surface area contributed by atoms with Crippen molar-refractivity contribution >= 4 is 5.91 Å². The SMILES string of the molecule is Cc1cc(-c2cncnc2-c2ccc(CNC(=O)Cc3ccccc3F)cc2)on1. The summed E-state index contributed by atoms with van der Waals surface area (Å²) in [6.07, 6.45) is 3.18. The van der Waals surface area contributed by atoms with E-state index >= 15 is 0 Å². The van der Waals surface area contributed by atoms with Crippen molar-refractivity contribution in [3.05, 3.63) is 89.8 Å². The molecule has 150 valence electrons. The van der Waals surface area contributed by atoms with E-state index in [0.29, 0.717) is 17.9 Å². The molecule has 0 aliphatic heterocycles. The van der Waals surface area contributed by atoms with Crippen molar-refractivity contribution < 1.29 is 13.7 Å². The van der Waals surface area contributed by atoms with Gasteiger partial charge in [0.15, 0.2) is 5.76 Å². The summed E-state index contributed by atoms with van der Waals surface area (Å²) < 4.78 is 19.0. The molecule has 6 nitrogen and oxygen atoms in total. The van der Waals surface area contributed by atoms with Crippen LogP contribution in [0.4, 0.5) is 4.39 Å². The lowest BCUT2D eigenvalue weighted by Gasteiger charge is -2.08. The minimum absolute atomic E-state index is 0.00561. The number of aryl methyl sites for hydroxylation is 1. The second-order valence-electron chi connectivity index (χ2n) is 6.86. The zero-order chi connectivity index (χ0) is 20.9. The molecule has 1 N–H and O–H groups in total. The molecule has 0 bridgehead atoms. The Morgan fingerprint density at radius 1 is 1.13 bits per heavy atom. The Labute approximate surface area is 172 Å². The molecular formula is C23H19FN4O2. The molecule has 1 amide bonds. The molecule has 0 aliphatic rings. The fraction of sp³-hybridized carbons (Fsp3) is 0.130. The van der Waals surface area contributed by atoms with Crippen LogP contribution in [0.5, 0.6) is 0 Å². The summed E-state index contributed by atoms with van der Waals surface area (Å²) in [6, 6.07) is 15.8. The molecule has 0 unspecified atom stereocenters. The molecular weight excluding hydrogens is 383 g/mol. The Bertz CT molecular complexity index is 1170. The summed E-state index contributed by atoms with van der Waals surface area (Å²) in [5.41, 5.74) is 4.46. The van der Waals surface area contributed by atoms with Gasteiger partial charge in [0.2, 0.25) is 5.91 Å². The second kappa shape index (κ2) is 8.65. The number of carbonyl (C=O) groups is 1. The highest BCUT2D eigenvalue weighted by molar-refractivity contribution is 5.79. The third-order valence-corrected chi connectivity index (χ3v) is 4.63. The summed E-state index contributed by atoms with van der Waals surface area (Å²) in [5.74, 6) is -0.00450. The number of nitrogens with one attached hydrogen (secondary N) is 1. The van der Waals surface area contributed by atoms with E-state index in [1.807, 2.05) is 37.3 Å². The highest BCUT2D eigenvalue weighted by atomic mass is 19.1. The molecule has 4 rings (SSSR count). The molecule has 0 spiro atoms. The largest absolute Gasteiger partial charge is 0.356 e. The molecule has 0 aliphatic carbocycles. The van der Waals surface area contributed by atoms with E-state index in [2.05, 4.69) is 20.4 Å². The van der Waals surface area contributed by atoms with Crippen LogP contribution in [0.1, 0.15) is 16.8 Å². The lowest BCUT2D eigenvalue weighted by molar-refractivity contribution is -0.120. The Hall–Kier alpha value is -3.87. The van der Waals surface area contributed by atoms with Crippen LogP contribution in [0, 0.1) is 12.7 Å². The normalized spacial score (nSPS) is 10.7. The van der Waals surface area contributed by atoms with Crippen LogP contribution in [-0.2, 0) is 17.8 Å². The van der Waals surface area contributed by atoms with Gasteiger partial charge in [-0.15, -0.1) is 0 Å². The van der Waals surface area contributed by atoms with Crippen molar-refractivity contribution in [3.8, 4) is 22.6 Å². The predicted molar refractivity (Wildman–Crippen MR) is 110 cm³/mol. The lowest BCUT2D eigenvalue weighted by atomic mass is 10.0. The van der Waals surface area contributed by atoms with E-state index in [-0.39, 0.29) is 18.1 Å². The molecule has 0 radical (unpaired) electrons. The van der Waals surface area contributed by atoms with Gasteiger partial charge in [-0.3, -0.25) is 4.79 Å². The molecule has 0 saturated carbocycles. The van der Waals surface area contributed by atoms with Gasteiger partial charge in [-0.25, -0.2) is 14.4 Å². The van der Waals surface area contributed by atoms with E-state index in [4.69, 9.17) is 4.52 Å². The van der Waals surface area contributed by atoms with Gasteiger partial charge in [0.25, 0.3) is 0 Å². The predicted octanol–water partition coefficient (Wildman–Crippen LogP) is 4.11. The Balaban J connectivity index is 1.44. The second-order valence-corrected chi connectivity index (χ2v) is 6.86. The molecule has 7 heteroatoms. The Kier molecular flexibility index (Phi) is 5.61. The summed E-state index contributed by atoms with van der Waals surface area (Å²) >= 11 is 0. The fourth-order valence-corrected chi connectivity index (χ4v) is 3.09. The molecule has 2 aromatic heterocycles. The summed E-state index contributed by atoms with van der Waals surface area (Å²) in [7, 11) is 0. The summed E-state index contributed by atoms with van der Waals surface area (Å²) in [4.78, 5) is 20.6. The number of halogens is 1. The van der Waals surface area contributed by atoms with Crippen molar-refractivity contribution in [2.24, 2.45) is 0 Å². The van der Waals surface area contributed by atoms with Crippen LogP contribution < -0.4 is 5.32 Å². The first kappa shape index (κ1) is 19.4. The average Bonchev–Trinajstić information content (AvgIpc) is 3.20. The first-order valence-corrected chi connectivity index (χ1v) is 9.43. The minimum Gasteiger partial charge on any atom is -0.356 e.